The lowest BCUT2D eigenvalue weighted by Gasteiger charge is -2.16. The van der Waals surface area contributed by atoms with Crippen molar-refractivity contribution in [1.82, 2.24) is 14.7 Å². The second-order valence-electron chi connectivity index (χ2n) is 7.79. The van der Waals surface area contributed by atoms with Crippen LogP contribution < -0.4 is 9.47 Å². The maximum atomic E-state index is 12.7. The van der Waals surface area contributed by atoms with E-state index in [0.717, 1.165) is 22.5 Å². The van der Waals surface area contributed by atoms with Gasteiger partial charge in [-0.25, -0.2) is 8.42 Å². The van der Waals surface area contributed by atoms with Gasteiger partial charge in [0.2, 0.25) is 5.91 Å². The Balaban J connectivity index is 1.74. The first-order chi connectivity index (χ1) is 14.6. The average Bonchev–Trinajstić information content (AvgIpc) is 3.24. The summed E-state index contributed by atoms with van der Waals surface area (Å²) < 4.78 is 36.1. The molecule has 0 radical (unpaired) electrons. The summed E-state index contributed by atoms with van der Waals surface area (Å²) in [6.45, 7) is 4.20. The molecule has 8 nitrogen and oxygen atoms in total. The highest BCUT2D eigenvalue weighted by Gasteiger charge is 2.31. The Morgan fingerprint density at radius 3 is 2.65 bits per heavy atom. The molecule has 1 saturated heterocycles. The number of hydrogen-bond acceptors (Lipinski definition) is 6. The van der Waals surface area contributed by atoms with Gasteiger partial charge in [0, 0.05) is 36.5 Å². The number of likely N-dealkylation sites (N-methyl/N-ethyl adjacent to an activating group) is 1. The van der Waals surface area contributed by atoms with Crippen molar-refractivity contribution in [2.45, 2.75) is 32.9 Å². The predicted molar refractivity (Wildman–Crippen MR) is 119 cm³/mol. The van der Waals surface area contributed by atoms with Crippen molar-refractivity contribution in [3.05, 3.63) is 46.8 Å². The van der Waals surface area contributed by atoms with E-state index in [1.54, 1.807) is 50.4 Å². The van der Waals surface area contributed by atoms with E-state index < -0.39 is 9.84 Å². The maximum absolute atomic E-state index is 12.7. The molecule has 2 heterocycles. The third-order valence-electron chi connectivity index (χ3n) is 5.64. The van der Waals surface area contributed by atoms with Gasteiger partial charge in [-0.15, -0.1) is 0 Å². The van der Waals surface area contributed by atoms with Gasteiger partial charge in [0.05, 0.1) is 37.5 Å². The van der Waals surface area contributed by atoms with E-state index in [-0.39, 0.29) is 23.5 Å². The molecule has 1 fully saturated rings. The van der Waals surface area contributed by atoms with Crippen molar-refractivity contribution in [3.8, 4) is 11.5 Å². The summed E-state index contributed by atoms with van der Waals surface area (Å²) in [5, 5.41) is 4.57. The third kappa shape index (κ3) is 5.10. The lowest BCUT2D eigenvalue weighted by molar-refractivity contribution is -0.125. The van der Waals surface area contributed by atoms with Gasteiger partial charge in [-0.1, -0.05) is 0 Å². The molecular formula is C22H29N3O5S. The van der Waals surface area contributed by atoms with Crippen LogP contribution in [0.1, 0.15) is 35.0 Å². The first-order valence-corrected chi connectivity index (χ1v) is 11.9. The molecule has 0 bridgehead atoms. The van der Waals surface area contributed by atoms with E-state index in [1.807, 2.05) is 18.5 Å². The van der Waals surface area contributed by atoms with Crippen LogP contribution in [0, 0.1) is 13.8 Å². The Kier molecular flexibility index (Phi) is 6.74. The smallest absolute Gasteiger partial charge is 0.246 e. The summed E-state index contributed by atoms with van der Waals surface area (Å²) in [6, 6.07) is 5.25. The molecule has 1 unspecified atom stereocenters. The van der Waals surface area contributed by atoms with Crippen molar-refractivity contribution in [2.24, 2.45) is 0 Å². The zero-order valence-electron chi connectivity index (χ0n) is 18.6. The van der Waals surface area contributed by atoms with Crippen molar-refractivity contribution in [2.75, 3.05) is 32.8 Å². The van der Waals surface area contributed by atoms with Crippen LogP contribution >= 0.6 is 0 Å². The summed E-state index contributed by atoms with van der Waals surface area (Å²) in [5.41, 5.74) is 3.39. The van der Waals surface area contributed by atoms with Gasteiger partial charge in [0.15, 0.2) is 9.84 Å². The molecule has 1 aliphatic rings. The Bertz CT molecular complexity index is 1100. The molecule has 3 rings (SSSR count). The molecule has 0 N–H and O–H groups in total. The van der Waals surface area contributed by atoms with Crippen LogP contribution in [-0.2, 0) is 21.2 Å². The molecule has 9 heteroatoms. The summed E-state index contributed by atoms with van der Waals surface area (Å²) in [7, 11) is 1.89. The highest BCUT2D eigenvalue weighted by molar-refractivity contribution is 7.91. The summed E-state index contributed by atoms with van der Waals surface area (Å²) >= 11 is 0. The van der Waals surface area contributed by atoms with Gasteiger partial charge in [0.25, 0.3) is 0 Å². The van der Waals surface area contributed by atoms with E-state index in [2.05, 4.69) is 5.10 Å². The number of benzene rings is 1. The minimum Gasteiger partial charge on any atom is -0.497 e. The highest BCUT2D eigenvalue weighted by Crippen LogP contribution is 2.28. The van der Waals surface area contributed by atoms with E-state index in [4.69, 9.17) is 9.47 Å². The van der Waals surface area contributed by atoms with Gasteiger partial charge in [-0.05, 0) is 44.5 Å². The Morgan fingerprint density at radius 1 is 1.29 bits per heavy atom. The number of nitrogens with zero attached hydrogens (tertiary/aromatic N) is 3. The topological polar surface area (TPSA) is 90.7 Å². The molecular weight excluding hydrogens is 418 g/mol. The van der Waals surface area contributed by atoms with Crippen molar-refractivity contribution < 1.29 is 22.7 Å². The monoisotopic (exact) mass is 447 g/mol. The first-order valence-electron chi connectivity index (χ1n) is 10.1. The van der Waals surface area contributed by atoms with Crippen LogP contribution in [0.2, 0.25) is 0 Å². The quantitative estimate of drug-likeness (QED) is 0.606. The van der Waals surface area contributed by atoms with Crippen molar-refractivity contribution in [3.63, 3.8) is 0 Å². The molecule has 31 heavy (non-hydrogen) atoms. The fourth-order valence-electron chi connectivity index (χ4n) is 3.82. The number of carbonyl (C=O) groups is 1. The predicted octanol–water partition coefficient (Wildman–Crippen LogP) is 2.55. The minimum atomic E-state index is -3.00. The fraction of sp³-hybridized carbons (Fsp3) is 0.455. The summed E-state index contributed by atoms with van der Waals surface area (Å²) in [5.74, 6) is 1.47. The zero-order valence-corrected chi connectivity index (χ0v) is 19.4. The SMILES string of the molecule is COc1ccc(OC)c(C=CC(=O)N(C)Cc2c(C)nn(C3CCS(=O)(=O)C3)c2C)c1. The summed E-state index contributed by atoms with van der Waals surface area (Å²) in [4.78, 5) is 14.3. The number of sulfone groups is 1. The van der Waals surface area contributed by atoms with E-state index in [0.29, 0.717) is 24.5 Å². The van der Waals surface area contributed by atoms with E-state index >= 15 is 0 Å². The molecule has 0 aliphatic carbocycles. The molecule has 1 amide bonds. The minimum absolute atomic E-state index is 0.119. The number of carbonyl (C=O) groups excluding carboxylic acids is 1. The van der Waals surface area contributed by atoms with Gasteiger partial charge in [0.1, 0.15) is 11.5 Å². The molecule has 1 aromatic carbocycles. The molecule has 2 aromatic rings. The Hall–Kier alpha value is -2.81. The van der Waals surface area contributed by atoms with Gasteiger partial charge in [-0.3, -0.25) is 9.48 Å². The second kappa shape index (κ2) is 9.13. The number of methoxy groups -OCH3 is 2. The van der Waals surface area contributed by atoms with Crippen LogP contribution in [0.3, 0.4) is 0 Å². The number of ether oxygens (including phenoxy) is 2. The van der Waals surface area contributed by atoms with Gasteiger partial charge < -0.3 is 14.4 Å². The van der Waals surface area contributed by atoms with Crippen LogP contribution in [0.5, 0.6) is 11.5 Å². The van der Waals surface area contributed by atoms with E-state index in [1.165, 1.54) is 6.08 Å². The number of amides is 1. The molecule has 0 saturated carbocycles. The average molecular weight is 448 g/mol. The molecule has 1 atom stereocenters. The van der Waals surface area contributed by atoms with Crippen molar-refractivity contribution in [1.29, 1.82) is 0 Å². The van der Waals surface area contributed by atoms with Gasteiger partial charge in [-0.2, -0.15) is 5.10 Å². The lowest BCUT2D eigenvalue weighted by Crippen LogP contribution is -2.25. The van der Waals surface area contributed by atoms with Crippen LogP contribution in [-0.4, -0.2) is 61.8 Å². The maximum Gasteiger partial charge on any atom is 0.246 e. The normalized spacial score (nSPS) is 17.8. The van der Waals surface area contributed by atoms with Gasteiger partial charge >= 0.3 is 0 Å². The van der Waals surface area contributed by atoms with Crippen molar-refractivity contribution >= 4 is 21.8 Å². The first kappa shape index (κ1) is 22.9. The van der Waals surface area contributed by atoms with E-state index in [9.17, 15) is 13.2 Å². The standard InChI is InChI=1S/C22H29N3O5S/c1-15-20(16(2)25(23-15)18-10-11-31(27,28)14-18)13-24(3)22(26)9-6-17-12-19(29-4)7-8-21(17)30-5/h6-9,12,18H,10-11,13-14H2,1-5H3. The Labute approximate surface area is 183 Å². The van der Waals surface area contributed by atoms with Crippen LogP contribution in [0.4, 0.5) is 0 Å². The summed E-state index contributed by atoms with van der Waals surface area (Å²) in [6.07, 6.45) is 3.77. The molecule has 1 aromatic heterocycles. The highest BCUT2D eigenvalue weighted by atomic mass is 32.2. The molecule has 0 spiro atoms. The zero-order chi connectivity index (χ0) is 22.8. The fourth-order valence-corrected chi connectivity index (χ4v) is 5.51. The Morgan fingerprint density at radius 2 is 2.03 bits per heavy atom. The number of aromatic nitrogens is 2. The second-order valence-corrected chi connectivity index (χ2v) is 10.0. The molecule has 168 valence electrons. The third-order valence-corrected chi connectivity index (χ3v) is 7.39. The largest absolute Gasteiger partial charge is 0.497 e. The number of aryl methyl sites for hydroxylation is 1. The lowest BCUT2D eigenvalue weighted by atomic mass is 10.1. The number of rotatable bonds is 7. The molecule has 1 aliphatic heterocycles. The number of hydrogen-bond donors (Lipinski definition) is 0. The van der Waals surface area contributed by atoms with Crippen LogP contribution in [0.15, 0.2) is 24.3 Å². The van der Waals surface area contributed by atoms with Crippen LogP contribution in [0.25, 0.3) is 6.08 Å².